The summed E-state index contributed by atoms with van der Waals surface area (Å²) in [6.45, 7) is 1.69. The summed E-state index contributed by atoms with van der Waals surface area (Å²) in [5, 5.41) is 11.5. The Morgan fingerprint density at radius 3 is 2.15 bits per heavy atom. The van der Waals surface area contributed by atoms with Crippen LogP contribution in [0.25, 0.3) is 0 Å². The maximum absolute atomic E-state index is 10.8. The third-order valence-corrected chi connectivity index (χ3v) is 4.30. The van der Waals surface area contributed by atoms with E-state index in [1.54, 1.807) is 0 Å². The number of anilines is 1. The van der Waals surface area contributed by atoms with Crippen LogP contribution < -0.4 is 4.90 Å². The molecule has 1 aromatic carbocycles. The van der Waals surface area contributed by atoms with E-state index in [0.717, 1.165) is 25.9 Å². The van der Waals surface area contributed by atoms with E-state index < -0.39 is 4.92 Å². The first-order valence-electron chi connectivity index (χ1n) is 6.45. The summed E-state index contributed by atoms with van der Waals surface area (Å²) in [4.78, 5) is 14.6. The summed E-state index contributed by atoms with van der Waals surface area (Å²) < 4.78 is 0. The Labute approximate surface area is 128 Å². The molecule has 0 N–H and O–H groups in total. The number of hydrogen-bond acceptors (Lipinski definition) is 4. The number of nitro benzene ring substituents is 1. The molecule has 110 valence electrons. The van der Waals surface area contributed by atoms with Crippen LogP contribution in [0.15, 0.2) is 12.1 Å². The standard InChI is InChI=1S/C13H17Cl2N3O2/c1-16(2)9-3-5-17(6-4-9)13-11(14)7-10(18(19)20)8-12(13)15/h7-9H,3-6H2,1-2H3. The van der Waals surface area contributed by atoms with Crippen molar-refractivity contribution in [1.29, 1.82) is 0 Å². The molecule has 20 heavy (non-hydrogen) atoms. The second-order valence-corrected chi connectivity index (χ2v) is 6.01. The van der Waals surface area contributed by atoms with Crippen LogP contribution in [0.5, 0.6) is 0 Å². The fourth-order valence-electron chi connectivity index (χ4n) is 2.57. The molecule has 2 rings (SSSR count). The lowest BCUT2D eigenvalue weighted by Gasteiger charge is -2.37. The molecule has 7 heteroatoms. The second-order valence-electron chi connectivity index (χ2n) is 5.20. The van der Waals surface area contributed by atoms with Crippen LogP contribution in [0, 0.1) is 10.1 Å². The normalized spacial score (nSPS) is 16.8. The van der Waals surface area contributed by atoms with Gasteiger partial charge in [0.05, 0.1) is 20.7 Å². The Morgan fingerprint density at radius 2 is 1.75 bits per heavy atom. The highest BCUT2D eigenvalue weighted by Gasteiger charge is 2.25. The van der Waals surface area contributed by atoms with Gasteiger partial charge in [0.15, 0.2) is 0 Å². The number of non-ortho nitro benzene ring substituents is 1. The van der Waals surface area contributed by atoms with Crippen molar-refractivity contribution in [2.75, 3.05) is 32.1 Å². The van der Waals surface area contributed by atoms with Crippen molar-refractivity contribution in [3.8, 4) is 0 Å². The molecule has 0 aliphatic carbocycles. The first-order valence-corrected chi connectivity index (χ1v) is 7.20. The van der Waals surface area contributed by atoms with Gasteiger partial charge in [-0.25, -0.2) is 0 Å². The fourth-order valence-corrected chi connectivity index (χ4v) is 3.28. The predicted molar refractivity (Wildman–Crippen MR) is 82.0 cm³/mol. The fraction of sp³-hybridized carbons (Fsp3) is 0.538. The Morgan fingerprint density at radius 1 is 1.25 bits per heavy atom. The highest BCUT2D eigenvalue weighted by Crippen LogP contribution is 2.38. The molecule has 1 aliphatic rings. The molecular weight excluding hydrogens is 301 g/mol. The maximum Gasteiger partial charge on any atom is 0.272 e. The molecule has 0 atom stereocenters. The van der Waals surface area contributed by atoms with Crippen LogP contribution in [0.4, 0.5) is 11.4 Å². The van der Waals surface area contributed by atoms with Gasteiger partial charge < -0.3 is 9.80 Å². The number of rotatable bonds is 3. The molecule has 1 heterocycles. The lowest BCUT2D eigenvalue weighted by molar-refractivity contribution is -0.384. The quantitative estimate of drug-likeness (QED) is 0.633. The zero-order chi connectivity index (χ0) is 14.9. The van der Waals surface area contributed by atoms with Gasteiger partial charge >= 0.3 is 0 Å². The van der Waals surface area contributed by atoms with Crippen molar-refractivity contribution in [3.05, 3.63) is 32.3 Å². The van der Waals surface area contributed by atoms with Crippen LogP contribution >= 0.6 is 23.2 Å². The Bertz CT molecular complexity index is 491. The molecule has 1 fully saturated rings. The monoisotopic (exact) mass is 317 g/mol. The molecule has 0 unspecified atom stereocenters. The predicted octanol–water partition coefficient (Wildman–Crippen LogP) is 3.43. The second kappa shape index (κ2) is 6.16. The molecule has 0 spiro atoms. The molecule has 1 saturated heterocycles. The first kappa shape index (κ1) is 15.4. The zero-order valence-electron chi connectivity index (χ0n) is 11.5. The van der Waals surface area contributed by atoms with Crippen molar-refractivity contribution >= 4 is 34.6 Å². The van der Waals surface area contributed by atoms with E-state index in [0.29, 0.717) is 21.8 Å². The van der Waals surface area contributed by atoms with Crippen LogP contribution in [0.2, 0.25) is 10.0 Å². The summed E-state index contributed by atoms with van der Waals surface area (Å²) in [7, 11) is 4.15. The summed E-state index contributed by atoms with van der Waals surface area (Å²) in [5.41, 5.74) is 0.628. The Hall–Kier alpha value is -1.04. The Balaban J connectivity index is 2.20. The van der Waals surface area contributed by atoms with Crippen molar-refractivity contribution in [3.63, 3.8) is 0 Å². The topological polar surface area (TPSA) is 49.6 Å². The SMILES string of the molecule is CN(C)C1CCN(c2c(Cl)cc([N+](=O)[O-])cc2Cl)CC1. The highest BCUT2D eigenvalue weighted by atomic mass is 35.5. The third kappa shape index (κ3) is 3.16. The van der Waals surface area contributed by atoms with E-state index in [4.69, 9.17) is 23.2 Å². The minimum Gasteiger partial charge on any atom is -0.369 e. The van der Waals surface area contributed by atoms with Gasteiger partial charge in [-0.1, -0.05) is 23.2 Å². The molecular formula is C13H17Cl2N3O2. The molecule has 0 aromatic heterocycles. The highest BCUT2D eigenvalue weighted by molar-refractivity contribution is 6.39. The maximum atomic E-state index is 10.8. The van der Waals surface area contributed by atoms with E-state index in [1.807, 2.05) is 0 Å². The number of benzene rings is 1. The lowest BCUT2D eigenvalue weighted by atomic mass is 10.0. The summed E-state index contributed by atoms with van der Waals surface area (Å²) in [5.74, 6) is 0. The van der Waals surface area contributed by atoms with E-state index >= 15 is 0 Å². The smallest absolute Gasteiger partial charge is 0.272 e. The first-order chi connectivity index (χ1) is 9.40. The van der Waals surface area contributed by atoms with Gasteiger partial charge in [-0.05, 0) is 26.9 Å². The van der Waals surface area contributed by atoms with E-state index in [1.165, 1.54) is 12.1 Å². The van der Waals surface area contributed by atoms with Crippen LogP contribution in [-0.4, -0.2) is 43.0 Å². The van der Waals surface area contributed by atoms with E-state index in [2.05, 4.69) is 23.9 Å². The van der Waals surface area contributed by atoms with Gasteiger partial charge in [-0.2, -0.15) is 0 Å². The zero-order valence-corrected chi connectivity index (χ0v) is 13.0. The van der Waals surface area contributed by atoms with Crippen molar-refractivity contribution < 1.29 is 4.92 Å². The van der Waals surface area contributed by atoms with Gasteiger partial charge in [0.1, 0.15) is 0 Å². The van der Waals surface area contributed by atoms with Crippen LogP contribution in [0.3, 0.4) is 0 Å². The summed E-state index contributed by atoms with van der Waals surface area (Å²) >= 11 is 12.3. The van der Waals surface area contributed by atoms with Gasteiger partial charge in [-0.3, -0.25) is 10.1 Å². The average Bonchev–Trinajstić information content (AvgIpc) is 2.38. The summed E-state index contributed by atoms with van der Waals surface area (Å²) in [6.07, 6.45) is 2.05. The molecule has 0 amide bonds. The van der Waals surface area contributed by atoms with Crippen LogP contribution in [-0.2, 0) is 0 Å². The lowest BCUT2D eigenvalue weighted by Crippen LogP contribution is -2.42. The van der Waals surface area contributed by atoms with Crippen molar-refractivity contribution in [2.24, 2.45) is 0 Å². The molecule has 0 saturated carbocycles. The third-order valence-electron chi connectivity index (χ3n) is 3.72. The van der Waals surface area contributed by atoms with Gasteiger partial charge in [-0.15, -0.1) is 0 Å². The molecule has 5 nitrogen and oxygen atoms in total. The number of piperidine rings is 1. The molecule has 0 bridgehead atoms. The minimum atomic E-state index is -0.486. The largest absolute Gasteiger partial charge is 0.369 e. The number of halogens is 2. The number of nitro groups is 1. The van der Waals surface area contributed by atoms with Crippen molar-refractivity contribution in [2.45, 2.75) is 18.9 Å². The number of nitrogens with zero attached hydrogens (tertiary/aromatic N) is 3. The molecule has 1 aromatic rings. The minimum absolute atomic E-state index is 0.0769. The van der Waals surface area contributed by atoms with Crippen molar-refractivity contribution in [1.82, 2.24) is 4.90 Å². The average molecular weight is 318 g/mol. The summed E-state index contributed by atoms with van der Waals surface area (Å²) in [6, 6.07) is 3.28. The van der Waals surface area contributed by atoms with E-state index in [-0.39, 0.29) is 5.69 Å². The van der Waals surface area contributed by atoms with Crippen LogP contribution in [0.1, 0.15) is 12.8 Å². The molecule has 0 radical (unpaired) electrons. The Kier molecular flexibility index (Phi) is 4.73. The van der Waals surface area contributed by atoms with Gasteiger partial charge in [0.2, 0.25) is 0 Å². The number of hydrogen-bond donors (Lipinski definition) is 0. The van der Waals surface area contributed by atoms with Gasteiger partial charge in [0, 0.05) is 31.3 Å². The van der Waals surface area contributed by atoms with Gasteiger partial charge in [0.25, 0.3) is 5.69 Å². The molecule has 1 aliphatic heterocycles. The van der Waals surface area contributed by atoms with E-state index in [9.17, 15) is 10.1 Å².